The number of hydrogen-bond acceptors (Lipinski definition) is 5. The van der Waals surface area contributed by atoms with Gasteiger partial charge >= 0.3 is 0 Å². The van der Waals surface area contributed by atoms with Gasteiger partial charge in [0.05, 0.1) is 23.7 Å². The molecule has 0 aliphatic rings. The van der Waals surface area contributed by atoms with E-state index >= 15 is 0 Å². The van der Waals surface area contributed by atoms with Gasteiger partial charge in [0.2, 0.25) is 5.91 Å². The standard InChI is InChI=1S/C25H22ClN5O2S/c1-17-29-30-25(31(17)15-18-7-3-2-4-8-18)34-16-23(32)27-21-9-5-6-10-22(21)28-24(33)19-11-13-20(26)14-12-19/h2-14H,15-16H2,1H3,(H,27,32)(H,28,33). The summed E-state index contributed by atoms with van der Waals surface area (Å²) < 4.78 is 1.98. The molecule has 34 heavy (non-hydrogen) atoms. The van der Waals surface area contributed by atoms with E-state index in [-0.39, 0.29) is 17.6 Å². The van der Waals surface area contributed by atoms with Crippen LogP contribution in [-0.4, -0.2) is 32.3 Å². The lowest BCUT2D eigenvalue weighted by molar-refractivity contribution is -0.113. The Hall–Kier alpha value is -3.62. The summed E-state index contributed by atoms with van der Waals surface area (Å²) >= 11 is 7.20. The van der Waals surface area contributed by atoms with Crippen molar-refractivity contribution < 1.29 is 9.59 Å². The smallest absolute Gasteiger partial charge is 0.255 e. The van der Waals surface area contributed by atoms with E-state index < -0.39 is 0 Å². The first-order chi connectivity index (χ1) is 16.5. The molecule has 3 aromatic carbocycles. The maximum atomic E-state index is 12.7. The van der Waals surface area contributed by atoms with Crippen molar-refractivity contribution in [1.29, 1.82) is 0 Å². The summed E-state index contributed by atoms with van der Waals surface area (Å²) in [6.45, 7) is 2.52. The second-order valence-corrected chi connectivity index (χ2v) is 8.82. The minimum Gasteiger partial charge on any atom is -0.324 e. The topological polar surface area (TPSA) is 88.9 Å². The molecule has 0 radical (unpaired) electrons. The summed E-state index contributed by atoms with van der Waals surface area (Å²) in [7, 11) is 0. The van der Waals surface area contributed by atoms with Gasteiger partial charge < -0.3 is 15.2 Å². The molecule has 0 aliphatic heterocycles. The zero-order valence-electron chi connectivity index (χ0n) is 18.4. The molecule has 0 spiro atoms. The Labute approximate surface area is 206 Å². The number of nitrogens with zero attached hydrogens (tertiary/aromatic N) is 3. The molecule has 0 aliphatic carbocycles. The molecule has 2 N–H and O–H groups in total. The lowest BCUT2D eigenvalue weighted by atomic mass is 10.2. The van der Waals surface area contributed by atoms with Gasteiger partial charge in [0.25, 0.3) is 5.91 Å². The summed E-state index contributed by atoms with van der Waals surface area (Å²) in [4.78, 5) is 25.3. The lowest BCUT2D eigenvalue weighted by Crippen LogP contribution is -2.18. The monoisotopic (exact) mass is 491 g/mol. The average Bonchev–Trinajstić information content (AvgIpc) is 3.19. The summed E-state index contributed by atoms with van der Waals surface area (Å²) in [5.74, 6) is 0.413. The van der Waals surface area contributed by atoms with Crippen LogP contribution in [0.4, 0.5) is 11.4 Å². The first kappa shape index (κ1) is 23.5. The molecule has 0 atom stereocenters. The summed E-state index contributed by atoms with van der Waals surface area (Å²) in [6, 6.07) is 23.7. The summed E-state index contributed by atoms with van der Waals surface area (Å²) in [6.07, 6.45) is 0. The zero-order valence-corrected chi connectivity index (χ0v) is 19.9. The van der Waals surface area contributed by atoms with Gasteiger partial charge in [-0.15, -0.1) is 10.2 Å². The van der Waals surface area contributed by atoms with Crippen LogP contribution in [0.15, 0.2) is 84.0 Å². The number of aromatic nitrogens is 3. The Morgan fingerprint density at radius 2 is 1.53 bits per heavy atom. The van der Waals surface area contributed by atoms with Gasteiger partial charge in [-0.3, -0.25) is 9.59 Å². The van der Waals surface area contributed by atoms with Gasteiger partial charge in [-0.1, -0.05) is 65.8 Å². The highest BCUT2D eigenvalue weighted by Crippen LogP contribution is 2.24. The molecule has 0 fully saturated rings. The number of anilines is 2. The normalized spacial score (nSPS) is 10.6. The third kappa shape index (κ3) is 6.03. The molecule has 0 saturated carbocycles. The van der Waals surface area contributed by atoms with Crippen LogP contribution in [0.25, 0.3) is 0 Å². The van der Waals surface area contributed by atoms with E-state index in [1.165, 1.54) is 11.8 Å². The maximum Gasteiger partial charge on any atom is 0.255 e. The predicted molar refractivity (Wildman–Crippen MR) is 136 cm³/mol. The molecule has 0 saturated heterocycles. The Bertz CT molecular complexity index is 1290. The Balaban J connectivity index is 1.39. The second kappa shape index (κ2) is 11.0. The van der Waals surface area contributed by atoms with Crippen molar-refractivity contribution in [3.8, 4) is 0 Å². The number of carbonyl (C=O) groups excluding carboxylic acids is 2. The number of amides is 2. The zero-order chi connectivity index (χ0) is 23.9. The molecule has 0 bridgehead atoms. The number of halogens is 1. The number of aryl methyl sites for hydroxylation is 1. The van der Waals surface area contributed by atoms with E-state index in [0.717, 1.165) is 11.4 Å². The predicted octanol–water partition coefficient (Wildman–Crippen LogP) is 5.27. The molecule has 4 aromatic rings. The van der Waals surface area contributed by atoms with Crippen molar-refractivity contribution in [2.45, 2.75) is 18.6 Å². The first-order valence-corrected chi connectivity index (χ1v) is 11.9. The third-order valence-corrected chi connectivity index (χ3v) is 6.19. The van der Waals surface area contributed by atoms with Crippen molar-refractivity contribution in [2.75, 3.05) is 16.4 Å². The van der Waals surface area contributed by atoms with Crippen LogP contribution in [0, 0.1) is 6.92 Å². The SMILES string of the molecule is Cc1nnc(SCC(=O)Nc2ccccc2NC(=O)c2ccc(Cl)cc2)n1Cc1ccccc1. The van der Waals surface area contributed by atoms with Crippen molar-refractivity contribution in [3.63, 3.8) is 0 Å². The van der Waals surface area contributed by atoms with E-state index in [0.29, 0.717) is 33.7 Å². The fourth-order valence-electron chi connectivity index (χ4n) is 3.23. The van der Waals surface area contributed by atoms with E-state index in [9.17, 15) is 9.59 Å². The van der Waals surface area contributed by atoms with Crippen LogP contribution in [-0.2, 0) is 11.3 Å². The molecule has 1 aromatic heterocycles. The maximum absolute atomic E-state index is 12.7. The quantitative estimate of drug-likeness (QED) is 0.328. The van der Waals surface area contributed by atoms with E-state index in [2.05, 4.69) is 20.8 Å². The minimum absolute atomic E-state index is 0.145. The highest BCUT2D eigenvalue weighted by atomic mass is 35.5. The second-order valence-electron chi connectivity index (χ2n) is 7.44. The van der Waals surface area contributed by atoms with Gasteiger partial charge in [0, 0.05) is 10.6 Å². The molecule has 1 heterocycles. The molecule has 9 heteroatoms. The van der Waals surface area contributed by atoms with Crippen LogP contribution in [0.3, 0.4) is 0 Å². The Morgan fingerprint density at radius 3 is 2.24 bits per heavy atom. The molecule has 4 rings (SSSR count). The van der Waals surface area contributed by atoms with Gasteiger partial charge in [-0.2, -0.15) is 0 Å². The third-order valence-electron chi connectivity index (χ3n) is 4.97. The Morgan fingerprint density at radius 1 is 0.882 bits per heavy atom. The lowest BCUT2D eigenvalue weighted by Gasteiger charge is -2.13. The van der Waals surface area contributed by atoms with Crippen LogP contribution < -0.4 is 10.6 Å². The molecule has 2 amide bonds. The number of para-hydroxylation sites is 2. The van der Waals surface area contributed by atoms with Gasteiger partial charge in [0.15, 0.2) is 5.16 Å². The van der Waals surface area contributed by atoms with Crippen molar-refractivity contribution in [1.82, 2.24) is 14.8 Å². The number of nitrogens with one attached hydrogen (secondary N) is 2. The Kier molecular flexibility index (Phi) is 7.61. The van der Waals surface area contributed by atoms with Gasteiger partial charge in [-0.05, 0) is 48.9 Å². The highest BCUT2D eigenvalue weighted by Gasteiger charge is 2.14. The minimum atomic E-state index is -0.294. The van der Waals surface area contributed by atoms with Crippen LogP contribution in [0.5, 0.6) is 0 Å². The highest BCUT2D eigenvalue weighted by molar-refractivity contribution is 7.99. The van der Waals surface area contributed by atoms with Gasteiger partial charge in [0.1, 0.15) is 5.82 Å². The van der Waals surface area contributed by atoms with Crippen molar-refractivity contribution in [2.24, 2.45) is 0 Å². The number of carbonyl (C=O) groups is 2. The first-order valence-electron chi connectivity index (χ1n) is 10.5. The molecular weight excluding hydrogens is 470 g/mol. The van der Waals surface area contributed by atoms with Crippen molar-refractivity contribution in [3.05, 3.63) is 101 Å². The summed E-state index contributed by atoms with van der Waals surface area (Å²) in [5.41, 5.74) is 2.61. The molecule has 172 valence electrons. The van der Waals surface area contributed by atoms with E-state index in [1.54, 1.807) is 48.5 Å². The van der Waals surface area contributed by atoms with Crippen LogP contribution in [0.1, 0.15) is 21.7 Å². The molecule has 7 nitrogen and oxygen atoms in total. The number of hydrogen-bond donors (Lipinski definition) is 2. The van der Waals surface area contributed by atoms with E-state index in [1.807, 2.05) is 41.8 Å². The molecule has 0 unspecified atom stereocenters. The average molecular weight is 492 g/mol. The molecular formula is C25H22ClN5O2S. The largest absolute Gasteiger partial charge is 0.324 e. The summed E-state index contributed by atoms with van der Waals surface area (Å²) in [5, 5.41) is 15.3. The number of rotatable bonds is 8. The van der Waals surface area contributed by atoms with E-state index in [4.69, 9.17) is 11.6 Å². The van der Waals surface area contributed by atoms with Crippen molar-refractivity contribution >= 4 is 46.6 Å². The number of benzene rings is 3. The van der Waals surface area contributed by atoms with Crippen LogP contribution >= 0.6 is 23.4 Å². The number of thioether (sulfide) groups is 1. The fraction of sp³-hybridized carbons (Fsp3) is 0.120. The van der Waals surface area contributed by atoms with Gasteiger partial charge in [-0.25, -0.2) is 0 Å². The fourth-order valence-corrected chi connectivity index (χ4v) is 4.14. The van der Waals surface area contributed by atoms with Crippen LogP contribution in [0.2, 0.25) is 5.02 Å².